The summed E-state index contributed by atoms with van der Waals surface area (Å²) < 4.78 is 1.92. The van der Waals surface area contributed by atoms with Crippen molar-refractivity contribution in [3.63, 3.8) is 0 Å². The second-order valence-corrected chi connectivity index (χ2v) is 4.32. The number of nitrogens with zero attached hydrogens (tertiary/aromatic N) is 4. The third kappa shape index (κ3) is 2.49. The van der Waals surface area contributed by atoms with E-state index in [2.05, 4.69) is 27.4 Å². The summed E-state index contributed by atoms with van der Waals surface area (Å²) in [4.78, 5) is 4.31. The molecule has 2 aromatic rings. The Bertz CT molecular complexity index is 496. The molecular formula is C11H16ClN5. The molecule has 0 bridgehead atoms. The zero-order valence-corrected chi connectivity index (χ0v) is 10.8. The summed E-state index contributed by atoms with van der Waals surface area (Å²) in [5, 5.41) is 11.5. The topological polar surface area (TPSA) is 55.1 Å². The minimum atomic E-state index is 0.322. The van der Waals surface area contributed by atoms with Crippen LogP contribution >= 0.6 is 11.6 Å². The summed E-state index contributed by atoms with van der Waals surface area (Å²) in [6.45, 7) is 4.04. The fourth-order valence-electron chi connectivity index (χ4n) is 1.75. The Hall–Kier alpha value is -1.36. The largest absolute Gasteiger partial charge is 0.364 e. The van der Waals surface area contributed by atoms with Gasteiger partial charge in [0, 0.05) is 24.3 Å². The van der Waals surface area contributed by atoms with Gasteiger partial charge in [-0.2, -0.15) is 0 Å². The lowest BCUT2D eigenvalue weighted by Gasteiger charge is -2.16. The molecule has 0 amide bonds. The molecule has 6 heteroatoms. The van der Waals surface area contributed by atoms with Gasteiger partial charge in [-0.15, -0.1) is 21.8 Å². The zero-order valence-electron chi connectivity index (χ0n) is 10.0. The highest BCUT2D eigenvalue weighted by atomic mass is 35.5. The number of alkyl halides is 1. The first kappa shape index (κ1) is 12.1. The van der Waals surface area contributed by atoms with Crippen LogP contribution in [0.1, 0.15) is 25.6 Å². The Kier molecular flexibility index (Phi) is 3.78. The Morgan fingerprint density at radius 2 is 2.29 bits per heavy atom. The van der Waals surface area contributed by atoms with Crippen molar-refractivity contribution >= 4 is 23.1 Å². The average Bonchev–Trinajstić information content (AvgIpc) is 2.72. The lowest BCUT2D eigenvalue weighted by molar-refractivity contribution is 0.672. The van der Waals surface area contributed by atoms with Gasteiger partial charge in [-0.1, -0.05) is 6.92 Å². The Morgan fingerprint density at radius 3 is 3.00 bits per heavy atom. The number of aryl methyl sites for hydroxylation is 1. The van der Waals surface area contributed by atoms with E-state index >= 15 is 0 Å². The summed E-state index contributed by atoms with van der Waals surface area (Å²) in [5.74, 6) is 2.27. The van der Waals surface area contributed by atoms with Gasteiger partial charge in [0.15, 0.2) is 5.82 Å². The number of hydrogen-bond acceptors (Lipinski definition) is 4. The maximum absolute atomic E-state index is 5.77. The Morgan fingerprint density at radius 1 is 1.47 bits per heavy atom. The second-order valence-electron chi connectivity index (χ2n) is 3.94. The molecule has 1 atom stereocenters. The molecule has 0 aliphatic rings. The molecule has 92 valence electrons. The SMILES string of the molecule is CCC(CCCl)Nc1nccn2c(C)nnc12. The predicted molar refractivity (Wildman–Crippen MR) is 68.6 cm³/mol. The highest BCUT2D eigenvalue weighted by Gasteiger charge is 2.11. The molecule has 0 radical (unpaired) electrons. The van der Waals surface area contributed by atoms with Crippen molar-refractivity contribution in [2.24, 2.45) is 0 Å². The lowest BCUT2D eigenvalue weighted by Crippen LogP contribution is -2.20. The highest BCUT2D eigenvalue weighted by molar-refractivity contribution is 6.17. The number of hydrogen-bond donors (Lipinski definition) is 1. The van der Waals surface area contributed by atoms with E-state index in [0.717, 1.165) is 30.1 Å². The van der Waals surface area contributed by atoms with Crippen LogP contribution in [0.4, 0.5) is 5.82 Å². The zero-order chi connectivity index (χ0) is 12.3. The minimum Gasteiger partial charge on any atom is -0.364 e. The molecule has 1 N–H and O–H groups in total. The normalized spacial score (nSPS) is 12.9. The summed E-state index contributed by atoms with van der Waals surface area (Å²) in [6.07, 6.45) is 5.52. The van der Waals surface area contributed by atoms with Crippen molar-refractivity contribution < 1.29 is 0 Å². The van der Waals surface area contributed by atoms with E-state index in [1.54, 1.807) is 6.20 Å². The molecule has 0 fully saturated rings. The van der Waals surface area contributed by atoms with E-state index in [4.69, 9.17) is 11.6 Å². The van der Waals surface area contributed by atoms with Crippen molar-refractivity contribution in [2.45, 2.75) is 32.7 Å². The van der Waals surface area contributed by atoms with E-state index in [0.29, 0.717) is 11.9 Å². The number of nitrogens with one attached hydrogen (secondary N) is 1. The third-order valence-electron chi connectivity index (χ3n) is 2.79. The van der Waals surface area contributed by atoms with Crippen LogP contribution in [0.25, 0.3) is 5.65 Å². The first-order valence-electron chi connectivity index (χ1n) is 5.75. The first-order valence-corrected chi connectivity index (χ1v) is 6.28. The van der Waals surface area contributed by atoms with E-state index < -0.39 is 0 Å². The minimum absolute atomic E-state index is 0.322. The number of halogens is 1. The van der Waals surface area contributed by atoms with E-state index in [-0.39, 0.29) is 0 Å². The molecule has 0 saturated carbocycles. The summed E-state index contributed by atoms with van der Waals surface area (Å²) >= 11 is 5.77. The number of rotatable bonds is 5. The van der Waals surface area contributed by atoms with Crippen molar-refractivity contribution in [2.75, 3.05) is 11.2 Å². The van der Waals surface area contributed by atoms with Crippen LogP contribution in [0, 0.1) is 6.92 Å². The van der Waals surface area contributed by atoms with Crippen LogP contribution in [0.3, 0.4) is 0 Å². The smallest absolute Gasteiger partial charge is 0.203 e. The molecule has 0 saturated heterocycles. The fourth-order valence-corrected chi connectivity index (χ4v) is 2.01. The maximum Gasteiger partial charge on any atom is 0.203 e. The van der Waals surface area contributed by atoms with Crippen molar-refractivity contribution in [3.05, 3.63) is 18.2 Å². The van der Waals surface area contributed by atoms with Crippen LogP contribution in [-0.4, -0.2) is 31.5 Å². The van der Waals surface area contributed by atoms with Gasteiger partial charge in [0.25, 0.3) is 0 Å². The molecule has 1 unspecified atom stereocenters. The average molecular weight is 254 g/mol. The molecule has 0 spiro atoms. The van der Waals surface area contributed by atoms with Crippen molar-refractivity contribution in [1.29, 1.82) is 0 Å². The predicted octanol–water partition coefficient (Wildman–Crippen LogP) is 2.25. The highest BCUT2D eigenvalue weighted by Crippen LogP contribution is 2.15. The number of anilines is 1. The molecule has 17 heavy (non-hydrogen) atoms. The Balaban J connectivity index is 2.29. The Labute approximate surface area is 105 Å². The van der Waals surface area contributed by atoms with Gasteiger partial charge in [0.2, 0.25) is 5.65 Å². The van der Waals surface area contributed by atoms with Crippen molar-refractivity contribution in [3.8, 4) is 0 Å². The fraction of sp³-hybridized carbons (Fsp3) is 0.545. The molecule has 2 heterocycles. The third-order valence-corrected chi connectivity index (χ3v) is 3.01. The van der Waals surface area contributed by atoms with Gasteiger partial charge >= 0.3 is 0 Å². The molecular weight excluding hydrogens is 238 g/mol. The first-order chi connectivity index (χ1) is 8.26. The van der Waals surface area contributed by atoms with E-state index in [9.17, 15) is 0 Å². The molecule has 0 aliphatic heterocycles. The molecule has 0 aromatic carbocycles. The van der Waals surface area contributed by atoms with E-state index in [1.807, 2.05) is 17.5 Å². The van der Waals surface area contributed by atoms with Crippen LogP contribution < -0.4 is 5.32 Å². The number of fused-ring (bicyclic) bond motifs is 1. The van der Waals surface area contributed by atoms with Crippen LogP contribution in [0.15, 0.2) is 12.4 Å². The van der Waals surface area contributed by atoms with Crippen LogP contribution in [0.5, 0.6) is 0 Å². The van der Waals surface area contributed by atoms with E-state index in [1.165, 1.54) is 0 Å². The molecule has 0 aliphatic carbocycles. The summed E-state index contributed by atoms with van der Waals surface area (Å²) in [6, 6.07) is 0.322. The standard InChI is InChI=1S/C11H16ClN5/c1-3-9(4-5-12)14-10-11-16-15-8(2)17(11)7-6-13-10/h6-7,9H,3-5H2,1-2H3,(H,13,14). The van der Waals surface area contributed by atoms with Gasteiger partial charge in [-0.25, -0.2) is 4.98 Å². The van der Waals surface area contributed by atoms with Gasteiger partial charge in [0.1, 0.15) is 5.82 Å². The van der Waals surface area contributed by atoms with Gasteiger partial charge in [-0.05, 0) is 19.8 Å². The molecule has 5 nitrogen and oxygen atoms in total. The van der Waals surface area contributed by atoms with Gasteiger partial charge in [-0.3, -0.25) is 4.40 Å². The summed E-state index contributed by atoms with van der Waals surface area (Å²) in [5.41, 5.74) is 0.762. The molecule has 2 rings (SSSR count). The van der Waals surface area contributed by atoms with Crippen LogP contribution in [0.2, 0.25) is 0 Å². The van der Waals surface area contributed by atoms with Gasteiger partial charge in [0.05, 0.1) is 0 Å². The maximum atomic E-state index is 5.77. The van der Waals surface area contributed by atoms with Crippen LogP contribution in [-0.2, 0) is 0 Å². The monoisotopic (exact) mass is 253 g/mol. The van der Waals surface area contributed by atoms with Gasteiger partial charge < -0.3 is 5.32 Å². The quantitative estimate of drug-likeness (QED) is 0.831. The second kappa shape index (κ2) is 5.31. The lowest BCUT2D eigenvalue weighted by atomic mass is 10.2. The molecule has 2 aromatic heterocycles. The summed E-state index contributed by atoms with van der Waals surface area (Å²) in [7, 11) is 0. The number of aromatic nitrogens is 4. The van der Waals surface area contributed by atoms with Crippen molar-refractivity contribution in [1.82, 2.24) is 19.6 Å².